The quantitative estimate of drug-likeness (QED) is 0.787. The van der Waals surface area contributed by atoms with Crippen LogP contribution in [-0.2, 0) is 6.18 Å². The van der Waals surface area contributed by atoms with Gasteiger partial charge in [-0.2, -0.15) is 13.2 Å². The van der Waals surface area contributed by atoms with E-state index in [1.807, 2.05) is 0 Å². The van der Waals surface area contributed by atoms with Crippen LogP contribution in [0.3, 0.4) is 0 Å². The van der Waals surface area contributed by atoms with Crippen LogP contribution < -0.4 is 0 Å². The zero-order valence-electron chi connectivity index (χ0n) is 10.6. The van der Waals surface area contributed by atoms with E-state index in [1.54, 1.807) is 4.90 Å². The first-order valence-electron chi connectivity index (χ1n) is 6.20. The molecule has 2 heterocycles. The number of hydrogen-bond acceptors (Lipinski definition) is 2. The maximum Gasteiger partial charge on any atom is 0.433 e. The highest BCUT2D eigenvalue weighted by Gasteiger charge is 2.32. The summed E-state index contributed by atoms with van der Waals surface area (Å²) < 4.78 is 37.1. The number of pyridine rings is 1. The Kier molecular flexibility index (Phi) is 3.78. The molecule has 1 aromatic heterocycles. The van der Waals surface area contributed by atoms with Gasteiger partial charge in [-0.25, -0.2) is 0 Å². The molecule has 2 rings (SSSR count). The van der Waals surface area contributed by atoms with E-state index in [0.29, 0.717) is 19.0 Å². The molecule has 0 aromatic carbocycles. The molecule has 104 valence electrons. The number of aromatic nitrogens is 1. The van der Waals surface area contributed by atoms with Gasteiger partial charge < -0.3 is 4.90 Å². The van der Waals surface area contributed by atoms with Crippen molar-refractivity contribution in [3.05, 3.63) is 29.6 Å². The highest BCUT2D eigenvalue weighted by Crippen LogP contribution is 2.27. The summed E-state index contributed by atoms with van der Waals surface area (Å²) in [6.07, 6.45) is -1.46. The van der Waals surface area contributed by atoms with E-state index in [9.17, 15) is 18.0 Å². The third kappa shape index (κ3) is 3.24. The van der Waals surface area contributed by atoms with Gasteiger partial charge in [0.2, 0.25) is 0 Å². The van der Waals surface area contributed by atoms with Crippen molar-refractivity contribution in [2.75, 3.05) is 13.1 Å². The third-order valence-corrected chi connectivity index (χ3v) is 3.25. The van der Waals surface area contributed by atoms with Gasteiger partial charge in [-0.1, -0.05) is 6.92 Å². The Labute approximate surface area is 109 Å². The van der Waals surface area contributed by atoms with Gasteiger partial charge in [0.25, 0.3) is 5.91 Å². The molecular weight excluding hydrogens is 257 g/mol. The van der Waals surface area contributed by atoms with Gasteiger partial charge in [0.05, 0.1) is 5.56 Å². The summed E-state index contributed by atoms with van der Waals surface area (Å²) in [5.74, 6) is 0.188. The zero-order chi connectivity index (χ0) is 14.0. The minimum absolute atomic E-state index is 0.210. The van der Waals surface area contributed by atoms with Gasteiger partial charge >= 0.3 is 6.18 Å². The van der Waals surface area contributed by atoms with Crippen molar-refractivity contribution < 1.29 is 18.0 Å². The largest absolute Gasteiger partial charge is 0.433 e. The number of rotatable bonds is 1. The van der Waals surface area contributed by atoms with Gasteiger partial charge in [-0.05, 0) is 30.9 Å². The molecule has 0 aliphatic carbocycles. The van der Waals surface area contributed by atoms with E-state index >= 15 is 0 Å². The minimum atomic E-state index is -4.47. The fourth-order valence-electron chi connectivity index (χ4n) is 2.24. The number of amides is 1. The molecule has 1 fully saturated rings. The lowest BCUT2D eigenvalue weighted by Crippen LogP contribution is -2.39. The lowest BCUT2D eigenvalue weighted by Gasteiger charge is -2.30. The van der Waals surface area contributed by atoms with E-state index in [-0.39, 0.29) is 11.5 Å². The summed E-state index contributed by atoms with van der Waals surface area (Å²) in [5.41, 5.74) is -0.766. The summed E-state index contributed by atoms with van der Waals surface area (Å²) in [5, 5.41) is 0. The Balaban J connectivity index is 2.11. The van der Waals surface area contributed by atoms with Crippen molar-refractivity contribution in [3.63, 3.8) is 0 Å². The van der Waals surface area contributed by atoms with Gasteiger partial charge in [-0.3, -0.25) is 9.78 Å². The van der Waals surface area contributed by atoms with Crippen molar-refractivity contribution >= 4 is 5.91 Å². The van der Waals surface area contributed by atoms with Crippen molar-refractivity contribution in [3.8, 4) is 0 Å². The van der Waals surface area contributed by atoms with Gasteiger partial charge in [0.1, 0.15) is 5.69 Å². The molecule has 6 heteroatoms. The summed E-state index contributed by atoms with van der Waals surface area (Å²) in [4.78, 5) is 17.1. The molecule has 1 unspecified atom stereocenters. The molecule has 1 aliphatic rings. The molecule has 0 radical (unpaired) electrons. The standard InChI is InChI=1S/C13H15F3N2O/c1-9-3-2-6-18(8-9)12(19)10-4-5-11(17-7-10)13(14,15)16/h4-5,7,9H,2-3,6,8H2,1H3. The first-order chi connectivity index (χ1) is 8.88. The third-order valence-electron chi connectivity index (χ3n) is 3.25. The minimum Gasteiger partial charge on any atom is -0.338 e. The average Bonchev–Trinajstić information content (AvgIpc) is 2.37. The number of hydrogen-bond donors (Lipinski definition) is 0. The lowest BCUT2D eigenvalue weighted by molar-refractivity contribution is -0.141. The van der Waals surface area contributed by atoms with Crippen LogP contribution in [0.5, 0.6) is 0 Å². The maximum atomic E-state index is 12.4. The number of carbonyl (C=O) groups is 1. The molecule has 1 atom stereocenters. The van der Waals surface area contributed by atoms with Gasteiger partial charge in [0.15, 0.2) is 0 Å². The first kappa shape index (κ1) is 13.8. The van der Waals surface area contributed by atoms with E-state index in [4.69, 9.17) is 0 Å². The topological polar surface area (TPSA) is 33.2 Å². The Morgan fingerprint density at radius 2 is 2.16 bits per heavy atom. The van der Waals surface area contributed by atoms with Crippen LogP contribution in [0, 0.1) is 5.92 Å². The highest BCUT2D eigenvalue weighted by atomic mass is 19.4. The lowest BCUT2D eigenvalue weighted by atomic mass is 10.00. The van der Waals surface area contributed by atoms with Crippen LogP contribution in [0.1, 0.15) is 35.8 Å². The van der Waals surface area contributed by atoms with E-state index in [2.05, 4.69) is 11.9 Å². The molecule has 1 amide bonds. The smallest absolute Gasteiger partial charge is 0.338 e. The van der Waals surface area contributed by atoms with Crippen LogP contribution in [0.15, 0.2) is 18.3 Å². The monoisotopic (exact) mass is 272 g/mol. The summed E-state index contributed by atoms with van der Waals surface area (Å²) in [7, 11) is 0. The number of alkyl halides is 3. The molecule has 0 N–H and O–H groups in total. The number of likely N-dealkylation sites (tertiary alicyclic amines) is 1. The van der Waals surface area contributed by atoms with Crippen LogP contribution in [0.4, 0.5) is 13.2 Å². The Bertz CT molecular complexity index is 456. The second kappa shape index (κ2) is 5.19. The number of carbonyl (C=O) groups excluding carboxylic acids is 1. The molecule has 1 aromatic rings. The molecule has 1 saturated heterocycles. The molecule has 19 heavy (non-hydrogen) atoms. The van der Waals surface area contributed by atoms with Crippen LogP contribution in [0.25, 0.3) is 0 Å². The van der Waals surface area contributed by atoms with E-state index < -0.39 is 11.9 Å². The van der Waals surface area contributed by atoms with Gasteiger partial charge in [-0.15, -0.1) is 0 Å². The Hall–Kier alpha value is -1.59. The summed E-state index contributed by atoms with van der Waals surface area (Å²) >= 11 is 0. The van der Waals surface area contributed by atoms with Crippen molar-refractivity contribution in [1.29, 1.82) is 0 Å². The maximum absolute atomic E-state index is 12.4. The van der Waals surface area contributed by atoms with Crippen molar-refractivity contribution in [2.45, 2.75) is 25.9 Å². The number of piperidine rings is 1. The number of halogens is 3. The molecular formula is C13H15F3N2O. The Morgan fingerprint density at radius 3 is 2.68 bits per heavy atom. The van der Waals surface area contributed by atoms with Crippen LogP contribution in [0.2, 0.25) is 0 Å². The molecule has 0 spiro atoms. The van der Waals surface area contributed by atoms with E-state index in [0.717, 1.165) is 25.1 Å². The number of nitrogens with zero attached hydrogens (tertiary/aromatic N) is 2. The average molecular weight is 272 g/mol. The van der Waals surface area contributed by atoms with Crippen molar-refractivity contribution in [2.24, 2.45) is 5.92 Å². The van der Waals surface area contributed by atoms with Crippen molar-refractivity contribution in [1.82, 2.24) is 9.88 Å². The second-order valence-electron chi connectivity index (χ2n) is 4.93. The summed E-state index contributed by atoms with van der Waals surface area (Å²) in [6.45, 7) is 3.37. The zero-order valence-corrected chi connectivity index (χ0v) is 10.6. The Morgan fingerprint density at radius 1 is 1.42 bits per heavy atom. The normalized spacial score (nSPS) is 20.4. The molecule has 3 nitrogen and oxygen atoms in total. The second-order valence-corrected chi connectivity index (χ2v) is 4.93. The molecule has 1 aliphatic heterocycles. The fourth-order valence-corrected chi connectivity index (χ4v) is 2.24. The molecule has 0 saturated carbocycles. The van der Waals surface area contributed by atoms with E-state index in [1.165, 1.54) is 6.07 Å². The van der Waals surface area contributed by atoms with Gasteiger partial charge in [0, 0.05) is 19.3 Å². The molecule has 0 bridgehead atoms. The SMILES string of the molecule is CC1CCCN(C(=O)c2ccc(C(F)(F)F)nc2)C1. The van der Waals surface area contributed by atoms with Crippen LogP contribution >= 0.6 is 0 Å². The first-order valence-corrected chi connectivity index (χ1v) is 6.20. The summed E-state index contributed by atoms with van der Waals surface area (Å²) in [6, 6.07) is 2.04. The van der Waals surface area contributed by atoms with Crippen LogP contribution in [-0.4, -0.2) is 28.9 Å². The predicted molar refractivity (Wildman–Crippen MR) is 63.5 cm³/mol. The predicted octanol–water partition coefficient (Wildman–Crippen LogP) is 2.97. The highest BCUT2D eigenvalue weighted by molar-refractivity contribution is 5.94. The fraction of sp³-hybridized carbons (Fsp3) is 0.538.